The summed E-state index contributed by atoms with van der Waals surface area (Å²) >= 11 is 1.33. The Labute approximate surface area is 129 Å². The quantitative estimate of drug-likeness (QED) is 0.605. The van der Waals surface area contributed by atoms with E-state index in [1.165, 1.54) is 23.9 Å². The highest BCUT2D eigenvalue weighted by molar-refractivity contribution is 8.13. The second-order valence-corrected chi connectivity index (χ2v) is 6.10. The minimum Gasteiger partial charge on any atom is -0.493 e. The van der Waals surface area contributed by atoms with Gasteiger partial charge in [-0.15, -0.1) is 0 Å². The average molecular weight is 323 g/mol. The molecule has 22 heavy (non-hydrogen) atoms. The van der Waals surface area contributed by atoms with Crippen LogP contribution in [0.5, 0.6) is 5.75 Å². The number of nitrogens with one attached hydrogen (secondary N) is 1. The number of amidine groups is 1. The maximum atomic E-state index is 11.0. The predicted octanol–water partition coefficient (Wildman–Crippen LogP) is 2.33. The molecule has 0 aliphatic carbocycles. The van der Waals surface area contributed by atoms with Gasteiger partial charge in [0.2, 0.25) is 0 Å². The third-order valence-corrected chi connectivity index (χ3v) is 4.61. The number of nitrogens with zero attached hydrogens (tertiary/aromatic N) is 2. The number of non-ortho nitro benzene ring substituents is 1. The van der Waals surface area contributed by atoms with Gasteiger partial charge >= 0.3 is 6.09 Å². The van der Waals surface area contributed by atoms with Crippen LogP contribution in [0.2, 0.25) is 0 Å². The molecule has 1 aromatic carbocycles. The summed E-state index contributed by atoms with van der Waals surface area (Å²) in [5, 5.41) is 22.4. The predicted molar refractivity (Wildman–Crippen MR) is 80.6 cm³/mol. The Morgan fingerprint density at radius 1 is 1.50 bits per heavy atom. The van der Waals surface area contributed by atoms with Gasteiger partial charge in [-0.25, -0.2) is 4.79 Å². The summed E-state index contributed by atoms with van der Waals surface area (Å²) in [7, 11) is 0. The number of amides is 1. The highest BCUT2D eigenvalue weighted by Gasteiger charge is 2.41. The van der Waals surface area contributed by atoms with Gasteiger partial charge in [0.1, 0.15) is 5.75 Å². The van der Waals surface area contributed by atoms with E-state index < -0.39 is 16.6 Å². The molecule has 116 valence electrons. The van der Waals surface area contributed by atoms with Crippen LogP contribution in [-0.4, -0.2) is 33.7 Å². The van der Waals surface area contributed by atoms with Gasteiger partial charge in [-0.05, 0) is 12.5 Å². The first kappa shape index (κ1) is 14.6. The Bertz CT molecular complexity index is 678. The summed E-state index contributed by atoms with van der Waals surface area (Å²) < 4.78 is 5.57. The third-order valence-electron chi connectivity index (χ3n) is 3.73. The molecular weight excluding hydrogens is 310 g/mol. The lowest BCUT2D eigenvalue weighted by atomic mass is 9.82. The van der Waals surface area contributed by atoms with E-state index in [1.807, 2.05) is 0 Å². The topological polar surface area (TPSA) is 114 Å². The maximum Gasteiger partial charge on any atom is 0.410 e. The minimum atomic E-state index is -1.17. The standard InChI is InChI=1S/C13H13N3O5S/c17-12(18)14-11-15-13(4-6-22-11)3-5-21-10-2-1-8(16(19)20)7-9(10)13/h1-2,7H,3-6H2,(H,14,15)(H,17,18). The molecule has 2 aliphatic heterocycles. The summed E-state index contributed by atoms with van der Waals surface area (Å²) in [5.41, 5.74) is -0.0365. The second-order valence-electron chi connectivity index (χ2n) is 5.01. The number of hydrogen-bond acceptors (Lipinski definition) is 6. The van der Waals surface area contributed by atoms with Crippen molar-refractivity contribution in [1.82, 2.24) is 5.32 Å². The van der Waals surface area contributed by atoms with Crippen LogP contribution in [0.1, 0.15) is 18.4 Å². The zero-order chi connectivity index (χ0) is 15.7. The molecule has 2 aliphatic rings. The van der Waals surface area contributed by atoms with Crippen molar-refractivity contribution in [2.45, 2.75) is 18.4 Å². The van der Waals surface area contributed by atoms with E-state index in [0.717, 1.165) is 0 Å². The van der Waals surface area contributed by atoms with E-state index >= 15 is 0 Å². The molecule has 2 N–H and O–H groups in total. The van der Waals surface area contributed by atoms with Crippen molar-refractivity contribution in [1.29, 1.82) is 0 Å². The van der Waals surface area contributed by atoms with Crippen molar-refractivity contribution >= 4 is 28.7 Å². The van der Waals surface area contributed by atoms with Crippen molar-refractivity contribution in [3.8, 4) is 5.75 Å². The fourth-order valence-corrected chi connectivity index (χ4v) is 3.75. The number of nitro benzene ring substituents is 1. The van der Waals surface area contributed by atoms with Gasteiger partial charge in [-0.1, -0.05) is 11.8 Å². The number of nitro groups is 1. The van der Waals surface area contributed by atoms with E-state index in [1.54, 1.807) is 6.07 Å². The number of carboxylic acid groups (broad SMARTS) is 1. The summed E-state index contributed by atoms with van der Waals surface area (Å²) in [6, 6.07) is 4.46. The largest absolute Gasteiger partial charge is 0.493 e. The van der Waals surface area contributed by atoms with Crippen molar-refractivity contribution in [3.05, 3.63) is 33.9 Å². The Morgan fingerprint density at radius 2 is 2.32 bits per heavy atom. The molecule has 0 aromatic heterocycles. The molecular formula is C13H13N3O5S. The van der Waals surface area contributed by atoms with Gasteiger partial charge in [0.25, 0.3) is 5.69 Å². The van der Waals surface area contributed by atoms with E-state index in [4.69, 9.17) is 9.84 Å². The third kappa shape index (κ3) is 2.59. The van der Waals surface area contributed by atoms with Gasteiger partial charge in [0.15, 0.2) is 5.17 Å². The fourth-order valence-electron chi connectivity index (χ4n) is 2.72. The van der Waals surface area contributed by atoms with Crippen molar-refractivity contribution in [2.24, 2.45) is 4.99 Å². The lowest BCUT2D eigenvalue weighted by Gasteiger charge is -2.38. The Morgan fingerprint density at radius 3 is 3.05 bits per heavy atom. The zero-order valence-electron chi connectivity index (χ0n) is 11.4. The number of thioether (sulfide) groups is 1. The fraction of sp³-hybridized carbons (Fsp3) is 0.385. The lowest BCUT2D eigenvalue weighted by molar-refractivity contribution is -0.385. The van der Waals surface area contributed by atoms with Crippen LogP contribution in [-0.2, 0) is 5.54 Å². The summed E-state index contributed by atoms with van der Waals surface area (Å²) in [4.78, 5) is 25.9. The van der Waals surface area contributed by atoms with Crippen LogP contribution >= 0.6 is 11.8 Å². The molecule has 9 heteroatoms. The van der Waals surface area contributed by atoms with Crippen molar-refractivity contribution in [3.63, 3.8) is 0 Å². The molecule has 1 amide bonds. The molecule has 0 bridgehead atoms. The molecule has 1 unspecified atom stereocenters. The number of carbonyl (C=O) groups is 1. The van der Waals surface area contributed by atoms with Gasteiger partial charge in [-0.2, -0.15) is 0 Å². The van der Waals surface area contributed by atoms with Crippen molar-refractivity contribution < 1.29 is 19.6 Å². The van der Waals surface area contributed by atoms with Gasteiger partial charge in [-0.3, -0.25) is 20.4 Å². The number of fused-ring (bicyclic) bond motifs is 2. The summed E-state index contributed by atoms with van der Waals surface area (Å²) in [5.74, 6) is 1.25. The first-order valence-electron chi connectivity index (χ1n) is 6.64. The Balaban J connectivity index is 2.07. The Kier molecular flexibility index (Phi) is 3.65. The van der Waals surface area contributed by atoms with E-state index in [0.29, 0.717) is 41.7 Å². The highest BCUT2D eigenvalue weighted by Crippen LogP contribution is 2.46. The van der Waals surface area contributed by atoms with E-state index in [9.17, 15) is 14.9 Å². The number of rotatable bonds is 1. The van der Waals surface area contributed by atoms with Gasteiger partial charge < -0.3 is 9.84 Å². The minimum absolute atomic E-state index is 0.0233. The number of aliphatic imine (C=N–C) groups is 1. The number of hydrogen-bond donors (Lipinski definition) is 2. The van der Waals surface area contributed by atoms with Crippen LogP contribution in [0.4, 0.5) is 10.5 Å². The monoisotopic (exact) mass is 323 g/mol. The van der Waals surface area contributed by atoms with Crippen LogP contribution in [0.15, 0.2) is 23.2 Å². The highest BCUT2D eigenvalue weighted by atomic mass is 32.2. The normalized spacial score (nSPS) is 23.2. The zero-order valence-corrected chi connectivity index (χ0v) is 12.3. The van der Waals surface area contributed by atoms with E-state index in [2.05, 4.69) is 10.3 Å². The van der Waals surface area contributed by atoms with Gasteiger partial charge in [0.05, 0.1) is 17.1 Å². The maximum absolute atomic E-state index is 11.0. The molecule has 3 rings (SSSR count). The van der Waals surface area contributed by atoms with Crippen LogP contribution < -0.4 is 10.1 Å². The molecule has 2 heterocycles. The second kappa shape index (κ2) is 5.48. The van der Waals surface area contributed by atoms with Crippen molar-refractivity contribution in [2.75, 3.05) is 12.4 Å². The molecule has 8 nitrogen and oxygen atoms in total. The van der Waals surface area contributed by atoms with E-state index in [-0.39, 0.29) is 5.69 Å². The van der Waals surface area contributed by atoms with Crippen LogP contribution in [0.25, 0.3) is 0 Å². The lowest BCUT2D eigenvalue weighted by Crippen LogP contribution is -2.39. The number of ether oxygens (including phenoxy) is 1. The Hall–Kier alpha value is -2.29. The SMILES string of the molecule is O=C(O)NC1=NC2(CCOc3ccc([N+](=O)[O-])cc32)CCS1. The smallest absolute Gasteiger partial charge is 0.410 e. The first-order valence-corrected chi connectivity index (χ1v) is 7.63. The molecule has 0 radical (unpaired) electrons. The molecule has 0 saturated carbocycles. The average Bonchev–Trinajstić information content (AvgIpc) is 2.47. The first-order chi connectivity index (χ1) is 10.5. The molecule has 0 fully saturated rings. The molecule has 1 atom stereocenters. The van der Waals surface area contributed by atoms with Crippen LogP contribution in [0, 0.1) is 10.1 Å². The van der Waals surface area contributed by atoms with Crippen LogP contribution in [0.3, 0.4) is 0 Å². The van der Waals surface area contributed by atoms with Gasteiger partial charge in [0, 0.05) is 29.9 Å². The summed E-state index contributed by atoms with van der Waals surface area (Å²) in [6.07, 6.45) is 0.0709. The molecule has 1 aromatic rings. The summed E-state index contributed by atoms with van der Waals surface area (Å²) in [6.45, 7) is 0.444. The molecule has 0 saturated heterocycles. The number of benzene rings is 1. The molecule has 1 spiro atoms.